The van der Waals surface area contributed by atoms with Crippen molar-refractivity contribution in [2.75, 3.05) is 0 Å². The monoisotopic (exact) mass is 184 g/mol. The van der Waals surface area contributed by atoms with Crippen LogP contribution in [0.25, 0.3) is 0 Å². The molecule has 8 heteroatoms. The number of hydrogen-bond acceptors (Lipinski definition) is 5. The van der Waals surface area contributed by atoms with Crippen LogP contribution in [-0.4, -0.2) is 21.8 Å². The number of H-pyrrole nitrogens is 1. The average Bonchev–Trinajstić information content (AvgIpc) is 2.63. The van der Waals surface area contributed by atoms with Crippen molar-refractivity contribution in [3.63, 3.8) is 0 Å². The van der Waals surface area contributed by atoms with Crippen LogP contribution in [0, 0.1) is 0 Å². The maximum absolute atomic E-state index is 11.0. The Labute approximate surface area is 72.6 Å². The van der Waals surface area contributed by atoms with E-state index in [1.165, 1.54) is 6.33 Å². The van der Waals surface area contributed by atoms with E-state index in [0.29, 0.717) is 0 Å². The summed E-state index contributed by atoms with van der Waals surface area (Å²) in [4.78, 5) is 28.0. The second-order valence-electron chi connectivity index (χ2n) is 2.07. The maximum atomic E-state index is 11.0. The standard InChI is InChI=1S/C5H8N6O2/c6-10-4(12)2-3(5(13)11-7)9-1-8-2/h1H,6-7H2,(H,8,9)(H,10,12)(H,11,13). The van der Waals surface area contributed by atoms with Crippen LogP contribution >= 0.6 is 0 Å². The van der Waals surface area contributed by atoms with E-state index in [-0.39, 0.29) is 11.4 Å². The summed E-state index contributed by atoms with van der Waals surface area (Å²) in [6.45, 7) is 0. The van der Waals surface area contributed by atoms with E-state index in [4.69, 9.17) is 11.7 Å². The molecule has 1 heterocycles. The molecule has 0 spiro atoms. The molecule has 0 aliphatic heterocycles. The molecule has 1 aromatic heterocycles. The highest BCUT2D eigenvalue weighted by atomic mass is 16.2. The molecule has 0 aliphatic rings. The van der Waals surface area contributed by atoms with Gasteiger partial charge in [0.15, 0.2) is 5.69 Å². The predicted molar refractivity (Wildman–Crippen MR) is 41.9 cm³/mol. The van der Waals surface area contributed by atoms with Crippen molar-refractivity contribution in [2.24, 2.45) is 11.7 Å². The number of nitrogen functional groups attached to an aromatic ring is 2. The van der Waals surface area contributed by atoms with E-state index in [9.17, 15) is 9.59 Å². The predicted octanol–water partition coefficient (Wildman–Crippen LogP) is -2.38. The van der Waals surface area contributed by atoms with Crippen molar-refractivity contribution < 1.29 is 9.59 Å². The lowest BCUT2D eigenvalue weighted by atomic mass is 10.3. The van der Waals surface area contributed by atoms with Gasteiger partial charge in [0.05, 0.1) is 6.33 Å². The Balaban J connectivity index is 3.02. The van der Waals surface area contributed by atoms with Crippen LogP contribution in [0.15, 0.2) is 6.33 Å². The number of nitrogens with two attached hydrogens (primary N) is 2. The summed E-state index contributed by atoms with van der Waals surface area (Å²) in [6.07, 6.45) is 1.19. The fourth-order valence-electron chi connectivity index (χ4n) is 0.780. The Morgan fingerprint density at radius 2 is 1.92 bits per heavy atom. The van der Waals surface area contributed by atoms with Crippen LogP contribution in [0.5, 0.6) is 0 Å². The Morgan fingerprint density at radius 3 is 2.46 bits per heavy atom. The lowest BCUT2D eigenvalue weighted by Gasteiger charge is -1.98. The number of nitrogens with one attached hydrogen (secondary N) is 3. The largest absolute Gasteiger partial charge is 0.340 e. The molecule has 0 bridgehead atoms. The molecule has 0 saturated heterocycles. The zero-order valence-electron chi connectivity index (χ0n) is 6.50. The van der Waals surface area contributed by atoms with Crippen molar-refractivity contribution in [2.45, 2.75) is 0 Å². The van der Waals surface area contributed by atoms with Gasteiger partial charge in [0.25, 0.3) is 11.8 Å². The number of aromatic nitrogens is 2. The third-order valence-electron chi connectivity index (χ3n) is 1.34. The van der Waals surface area contributed by atoms with Crippen LogP contribution in [0.1, 0.15) is 21.0 Å². The van der Waals surface area contributed by atoms with Gasteiger partial charge in [-0.2, -0.15) is 0 Å². The summed E-state index contributed by atoms with van der Waals surface area (Å²) in [7, 11) is 0. The molecule has 0 atom stereocenters. The first-order chi connectivity index (χ1) is 6.20. The minimum Gasteiger partial charge on any atom is -0.340 e. The first-order valence-electron chi connectivity index (χ1n) is 3.26. The SMILES string of the molecule is NNC(=O)c1nc[nH]c1C(=O)NN. The molecule has 70 valence electrons. The number of carbonyl (C=O) groups excluding carboxylic acids is 2. The molecule has 1 rings (SSSR count). The van der Waals surface area contributed by atoms with Gasteiger partial charge in [0, 0.05) is 0 Å². The van der Waals surface area contributed by atoms with E-state index in [1.54, 1.807) is 0 Å². The Bertz CT molecular complexity index is 301. The van der Waals surface area contributed by atoms with Gasteiger partial charge in [-0.3, -0.25) is 20.4 Å². The molecule has 0 saturated carbocycles. The molecule has 13 heavy (non-hydrogen) atoms. The summed E-state index contributed by atoms with van der Waals surface area (Å²) < 4.78 is 0. The summed E-state index contributed by atoms with van der Waals surface area (Å²) >= 11 is 0. The van der Waals surface area contributed by atoms with Gasteiger partial charge in [-0.15, -0.1) is 0 Å². The Hall–Kier alpha value is -1.93. The topological polar surface area (TPSA) is 139 Å². The lowest BCUT2D eigenvalue weighted by molar-refractivity contribution is 0.0914. The number of hydrogen-bond donors (Lipinski definition) is 5. The van der Waals surface area contributed by atoms with Gasteiger partial charge in [0.2, 0.25) is 0 Å². The lowest BCUT2D eigenvalue weighted by Crippen LogP contribution is -2.35. The fraction of sp³-hybridized carbons (Fsp3) is 0. The molecule has 0 aliphatic carbocycles. The smallest absolute Gasteiger partial charge is 0.286 e. The highest BCUT2D eigenvalue weighted by Gasteiger charge is 2.18. The van der Waals surface area contributed by atoms with Gasteiger partial charge < -0.3 is 4.98 Å². The summed E-state index contributed by atoms with van der Waals surface area (Å²) in [5.74, 6) is 8.41. The number of rotatable bonds is 2. The van der Waals surface area contributed by atoms with Crippen LogP contribution in [0.2, 0.25) is 0 Å². The molecule has 0 radical (unpaired) electrons. The number of imidazole rings is 1. The second kappa shape index (κ2) is 3.65. The number of aromatic amines is 1. The zero-order chi connectivity index (χ0) is 9.84. The van der Waals surface area contributed by atoms with E-state index >= 15 is 0 Å². The van der Waals surface area contributed by atoms with E-state index < -0.39 is 11.8 Å². The Kier molecular flexibility index (Phi) is 2.57. The van der Waals surface area contributed by atoms with Crippen molar-refractivity contribution in [3.8, 4) is 0 Å². The normalized spacial score (nSPS) is 9.38. The van der Waals surface area contributed by atoms with Crippen LogP contribution in [-0.2, 0) is 0 Å². The quantitative estimate of drug-likeness (QED) is 0.198. The van der Waals surface area contributed by atoms with Crippen LogP contribution in [0.3, 0.4) is 0 Å². The van der Waals surface area contributed by atoms with Gasteiger partial charge in [-0.25, -0.2) is 16.7 Å². The molecular formula is C5H8N6O2. The van der Waals surface area contributed by atoms with Crippen LogP contribution in [0.4, 0.5) is 0 Å². The number of hydrazine groups is 2. The molecule has 0 aromatic carbocycles. The number of amides is 2. The van der Waals surface area contributed by atoms with Crippen molar-refractivity contribution in [3.05, 3.63) is 17.7 Å². The molecule has 8 nitrogen and oxygen atoms in total. The highest BCUT2D eigenvalue weighted by Crippen LogP contribution is 2.00. The summed E-state index contributed by atoms with van der Waals surface area (Å²) in [5.41, 5.74) is 3.56. The minimum absolute atomic E-state index is 0.0366. The third kappa shape index (κ3) is 1.63. The fourth-order valence-corrected chi connectivity index (χ4v) is 0.780. The minimum atomic E-state index is -0.667. The maximum Gasteiger partial charge on any atom is 0.286 e. The molecule has 7 N–H and O–H groups in total. The number of nitrogens with zero attached hydrogens (tertiary/aromatic N) is 1. The van der Waals surface area contributed by atoms with Crippen molar-refractivity contribution in [1.29, 1.82) is 0 Å². The molecule has 2 amide bonds. The Morgan fingerprint density at radius 1 is 1.31 bits per heavy atom. The first-order valence-corrected chi connectivity index (χ1v) is 3.26. The van der Waals surface area contributed by atoms with Gasteiger partial charge in [-0.1, -0.05) is 0 Å². The third-order valence-corrected chi connectivity index (χ3v) is 1.34. The zero-order valence-corrected chi connectivity index (χ0v) is 6.50. The molecule has 0 unspecified atom stereocenters. The van der Waals surface area contributed by atoms with Gasteiger partial charge >= 0.3 is 0 Å². The molecule has 1 aromatic rings. The van der Waals surface area contributed by atoms with Crippen LogP contribution < -0.4 is 22.5 Å². The van der Waals surface area contributed by atoms with Crippen molar-refractivity contribution >= 4 is 11.8 Å². The van der Waals surface area contributed by atoms with Gasteiger partial charge in [0.1, 0.15) is 5.69 Å². The summed E-state index contributed by atoms with van der Waals surface area (Å²) in [6, 6.07) is 0. The van der Waals surface area contributed by atoms with E-state index in [2.05, 4.69) is 9.97 Å². The van der Waals surface area contributed by atoms with Crippen molar-refractivity contribution in [1.82, 2.24) is 20.8 Å². The van der Waals surface area contributed by atoms with E-state index in [0.717, 1.165) is 0 Å². The number of carbonyl (C=O) groups is 2. The molecule has 0 fully saturated rings. The highest BCUT2D eigenvalue weighted by molar-refractivity contribution is 6.04. The average molecular weight is 184 g/mol. The summed E-state index contributed by atoms with van der Waals surface area (Å²) in [5, 5.41) is 0. The molecular weight excluding hydrogens is 176 g/mol. The first kappa shape index (κ1) is 9.16. The van der Waals surface area contributed by atoms with E-state index in [1.807, 2.05) is 10.9 Å². The second-order valence-corrected chi connectivity index (χ2v) is 2.07. The van der Waals surface area contributed by atoms with Gasteiger partial charge in [-0.05, 0) is 0 Å².